The lowest BCUT2D eigenvalue weighted by Gasteiger charge is -2.12. The fourth-order valence-electron chi connectivity index (χ4n) is 2.25. The number of aromatic nitrogens is 1. The largest absolute Gasteiger partial charge is 0.398 e. The molecule has 0 unspecified atom stereocenters. The summed E-state index contributed by atoms with van der Waals surface area (Å²) in [6.45, 7) is 1.98. The summed E-state index contributed by atoms with van der Waals surface area (Å²) < 4.78 is 0. The lowest BCUT2D eigenvalue weighted by atomic mass is 10.0. The number of nitrogen functional groups attached to an aromatic ring is 1. The molecule has 0 fully saturated rings. The normalized spacial score (nSPS) is 15.7. The van der Waals surface area contributed by atoms with Crippen LogP contribution in [-0.2, 0) is 13.0 Å². The highest BCUT2D eigenvalue weighted by molar-refractivity contribution is 5.95. The topological polar surface area (TPSA) is 53.8 Å². The number of anilines is 1. The van der Waals surface area contributed by atoms with Gasteiger partial charge in [-0.1, -0.05) is 6.07 Å². The lowest BCUT2D eigenvalue weighted by Crippen LogP contribution is -2.23. The Morgan fingerprint density at radius 1 is 1.29 bits per heavy atom. The molecule has 0 radical (unpaired) electrons. The Kier molecular flexibility index (Phi) is 1.55. The van der Waals surface area contributed by atoms with Crippen LogP contribution in [0.25, 0.3) is 10.9 Å². The Labute approximate surface area is 82.3 Å². The fraction of sp³-hybridized carbons (Fsp3) is 0.273. The first kappa shape index (κ1) is 7.88. The first-order valence-corrected chi connectivity index (χ1v) is 4.95. The Balaban J connectivity index is 2.38. The number of nitrogens with one attached hydrogen (secondary N) is 2. The van der Waals surface area contributed by atoms with Crippen molar-refractivity contribution >= 4 is 16.6 Å². The van der Waals surface area contributed by atoms with Crippen LogP contribution in [0.3, 0.4) is 0 Å². The molecule has 1 aliphatic heterocycles. The molecule has 72 valence electrons. The maximum Gasteiger partial charge on any atom is 0.0480 e. The molecular weight excluding hydrogens is 174 g/mol. The van der Waals surface area contributed by atoms with Crippen LogP contribution in [0.5, 0.6) is 0 Å². The molecule has 1 aromatic carbocycles. The van der Waals surface area contributed by atoms with Crippen LogP contribution in [0.2, 0.25) is 0 Å². The molecule has 4 N–H and O–H groups in total. The molecule has 0 saturated heterocycles. The number of nitrogens with two attached hydrogens (primary N) is 1. The van der Waals surface area contributed by atoms with Crippen LogP contribution in [0.4, 0.5) is 5.69 Å². The highest BCUT2D eigenvalue weighted by Crippen LogP contribution is 2.29. The van der Waals surface area contributed by atoms with Gasteiger partial charge in [0.15, 0.2) is 0 Å². The minimum absolute atomic E-state index is 0.891. The molecule has 2 aromatic rings. The van der Waals surface area contributed by atoms with Gasteiger partial charge in [-0.3, -0.25) is 0 Å². The summed E-state index contributed by atoms with van der Waals surface area (Å²) in [5.74, 6) is 0. The number of hydrogen-bond donors (Lipinski definition) is 3. The van der Waals surface area contributed by atoms with Gasteiger partial charge in [-0.15, -0.1) is 0 Å². The van der Waals surface area contributed by atoms with Crippen LogP contribution in [-0.4, -0.2) is 11.5 Å². The van der Waals surface area contributed by atoms with Crippen molar-refractivity contribution in [1.29, 1.82) is 0 Å². The van der Waals surface area contributed by atoms with Crippen LogP contribution >= 0.6 is 0 Å². The van der Waals surface area contributed by atoms with Gasteiger partial charge in [-0.2, -0.15) is 0 Å². The molecule has 3 heteroatoms. The van der Waals surface area contributed by atoms with E-state index in [-0.39, 0.29) is 0 Å². The highest BCUT2D eigenvalue weighted by atomic mass is 14.9. The van der Waals surface area contributed by atoms with Crippen molar-refractivity contribution in [1.82, 2.24) is 10.3 Å². The predicted molar refractivity (Wildman–Crippen MR) is 58.1 cm³/mol. The molecule has 0 amide bonds. The lowest BCUT2D eigenvalue weighted by molar-refractivity contribution is 0.637. The highest BCUT2D eigenvalue weighted by Gasteiger charge is 2.15. The van der Waals surface area contributed by atoms with Gasteiger partial charge in [0.25, 0.3) is 0 Å². The van der Waals surface area contributed by atoms with E-state index in [0.717, 1.165) is 25.2 Å². The fourth-order valence-corrected chi connectivity index (χ4v) is 2.25. The van der Waals surface area contributed by atoms with Crippen LogP contribution in [0.15, 0.2) is 18.2 Å². The van der Waals surface area contributed by atoms with E-state index in [0.29, 0.717) is 0 Å². The summed E-state index contributed by atoms with van der Waals surface area (Å²) >= 11 is 0. The zero-order chi connectivity index (χ0) is 9.54. The molecule has 3 rings (SSSR count). The first-order valence-electron chi connectivity index (χ1n) is 4.95. The molecule has 2 heterocycles. The molecular formula is C11H13N3. The van der Waals surface area contributed by atoms with E-state index < -0.39 is 0 Å². The molecule has 3 nitrogen and oxygen atoms in total. The minimum Gasteiger partial charge on any atom is -0.398 e. The standard InChI is InChI=1S/C11H13N3/c12-8-2-1-3-9-11(8)7-4-5-13-6-10(7)14-9/h1-3,13-14H,4-6,12H2. The maximum absolute atomic E-state index is 5.98. The Morgan fingerprint density at radius 2 is 2.21 bits per heavy atom. The van der Waals surface area contributed by atoms with Crippen LogP contribution in [0.1, 0.15) is 11.3 Å². The zero-order valence-electron chi connectivity index (χ0n) is 7.93. The van der Waals surface area contributed by atoms with Crippen molar-refractivity contribution in [2.75, 3.05) is 12.3 Å². The summed E-state index contributed by atoms with van der Waals surface area (Å²) in [7, 11) is 0. The number of rotatable bonds is 0. The SMILES string of the molecule is Nc1cccc2[nH]c3c(c12)CCNC3. The Bertz CT molecular complexity index is 484. The number of H-pyrrole nitrogens is 1. The minimum atomic E-state index is 0.891. The van der Waals surface area contributed by atoms with Gasteiger partial charge in [0.2, 0.25) is 0 Å². The second kappa shape index (κ2) is 2.75. The molecule has 1 aromatic heterocycles. The molecule has 0 saturated carbocycles. The molecule has 0 bridgehead atoms. The van der Waals surface area contributed by atoms with E-state index >= 15 is 0 Å². The van der Waals surface area contributed by atoms with Crippen molar-refractivity contribution in [3.63, 3.8) is 0 Å². The molecule has 1 aliphatic rings. The third-order valence-electron chi connectivity index (χ3n) is 2.90. The predicted octanol–water partition coefficient (Wildman–Crippen LogP) is 1.40. The van der Waals surface area contributed by atoms with Crippen molar-refractivity contribution in [3.8, 4) is 0 Å². The van der Waals surface area contributed by atoms with Gasteiger partial charge in [0.1, 0.15) is 0 Å². The summed E-state index contributed by atoms with van der Waals surface area (Å²) in [5.41, 5.74) is 10.7. The van der Waals surface area contributed by atoms with Crippen molar-refractivity contribution < 1.29 is 0 Å². The number of fused-ring (bicyclic) bond motifs is 3. The quantitative estimate of drug-likeness (QED) is 0.546. The second-order valence-electron chi connectivity index (χ2n) is 3.78. The van der Waals surface area contributed by atoms with Gasteiger partial charge in [-0.05, 0) is 30.7 Å². The number of aromatic amines is 1. The van der Waals surface area contributed by atoms with E-state index in [1.807, 2.05) is 12.1 Å². The average molecular weight is 187 g/mol. The van der Waals surface area contributed by atoms with E-state index in [1.165, 1.54) is 22.2 Å². The monoisotopic (exact) mass is 187 g/mol. The van der Waals surface area contributed by atoms with Crippen molar-refractivity contribution in [3.05, 3.63) is 29.5 Å². The Hall–Kier alpha value is -1.48. The second-order valence-corrected chi connectivity index (χ2v) is 3.78. The third-order valence-corrected chi connectivity index (χ3v) is 2.90. The third kappa shape index (κ3) is 0.960. The summed E-state index contributed by atoms with van der Waals surface area (Å²) in [5, 5.41) is 4.58. The van der Waals surface area contributed by atoms with Gasteiger partial charge in [-0.25, -0.2) is 0 Å². The van der Waals surface area contributed by atoms with Gasteiger partial charge in [0.05, 0.1) is 0 Å². The molecule has 0 aliphatic carbocycles. The summed E-state index contributed by atoms with van der Waals surface area (Å²) in [6, 6.07) is 6.05. The van der Waals surface area contributed by atoms with E-state index in [1.54, 1.807) is 0 Å². The molecule has 0 spiro atoms. The number of hydrogen-bond acceptors (Lipinski definition) is 2. The summed E-state index contributed by atoms with van der Waals surface area (Å²) in [4.78, 5) is 3.41. The Morgan fingerprint density at radius 3 is 3.14 bits per heavy atom. The maximum atomic E-state index is 5.98. The zero-order valence-corrected chi connectivity index (χ0v) is 7.93. The smallest absolute Gasteiger partial charge is 0.0480 e. The van der Waals surface area contributed by atoms with Crippen molar-refractivity contribution in [2.24, 2.45) is 0 Å². The van der Waals surface area contributed by atoms with Gasteiger partial charge < -0.3 is 16.0 Å². The van der Waals surface area contributed by atoms with E-state index in [4.69, 9.17) is 5.73 Å². The first-order chi connectivity index (χ1) is 6.86. The number of benzene rings is 1. The molecule has 14 heavy (non-hydrogen) atoms. The van der Waals surface area contributed by atoms with Crippen LogP contribution in [0, 0.1) is 0 Å². The van der Waals surface area contributed by atoms with E-state index in [9.17, 15) is 0 Å². The molecule has 0 atom stereocenters. The van der Waals surface area contributed by atoms with Crippen LogP contribution < -0.4 is 11.1 Å². The van der Waals surface area contributed by atoms with Gasteiger partial charge in [0, 0.05) is 28.8 Å². The summed E-state index contributed by atoms with van der Waals surface area (Å²) in [6.07, 6.45) is 1.07. The van der Waals surface area contributed by atoms with Crippen molar-refractivity contribution in [2.45, 2.75) is 13.0 Å². The average Bonchev–Trinajstić information content (AvgIpc) is 2.57. The van der Waals surface area contributed by atoms with Gasteiger partial charge >= 0.3 is 0 Å². The van der Waals surface area contributed by atoms with E-state index in [2.05, 4.69) is 16.4 Å².